The van der Waals surface area contributed by atoms with Crippen LogP contribution in [0.15, 0.2) is 53.6 Å². The van der Waals surface area contributed by atoms with Crippen LogP contribution in [0.2, 0.25) is 0 Å². The Balaban J connectivity index is 1.23. The van der Waals surface area contributed by atoms with Gasteiger partial charge in [-0.1, -0.05) is 17.6 Å². The second kappa shape index (κ2) is 9.21. The first-order chi connectivity index (χ1) is 18.0. The van der Waals surface area contributed by atoms with E-state index in [1.807, 2.05) is 24.4 Å². The number of carboxylic acids is 1. The predicted molar refractivity (Wildman–Crippen MR) is 133 cm³/mol. The maximum atomic E-state index is 11.6. The molecule has 4 N–H and O–H groups in total. The van der Waals surface area contributed by atoms with Crippen molar-refractivity contribution in [2.75, 3.05) is 30.3 Å². The first-order valence-corrected chi connectivity index (χ1v) is 12.1. The molecule has 4 aromatic heterocycles. The largest absolute Gasteiger partial charge is 0.480 e. The molecular weight excluding hydrogens is 474 g/mol. The van der Waals surface area contributed by atoms with Gasteiger partial charge in [-0.25, -0.2) is 19.7 Å². The molecule has 0 unspecified atom stereocenters. The molecule has 12 heteroatoms. The number of hydrogen-bond donors (Lipinski definition) is 3. The van der Waals surface area contributed by atoms with Crippen LogP contribution in [-0.4, -0.2) is 66.8 Å². The van der Waals surface area contributed by atoms with Crippen LogP contribution >= 0.6 is 0 Å². The number of anilines is 2. The Morgan fingerprint density at radius 2 is 1.86 bits per heavy atom. The van der Waals surface area contributed by atoms with Crippen LogP contribution in [0, 0.1) is 0 Å². The van der Waals surface area contributed by atoms with Crippen LogP contribution in [0.5, 0.6) is 0 Å². The lowest BCUT2D eigenvalue weighted by molar-refractivity contribution is -0.138. The Bertz CT molecular complexity index is 1400. The zero-order valence-electron chi connectivity index (χ0n) is 19.9. The Labute approximate surface area is 212 Å². The molecule has 1 atom stereocenters. The molecule has 1 saturated carbocycles. The van der Waals surface area contributed by atoms with Crippen LogP contribution < -0.4 is 16.0 Å². The van der Waals surface area contributed by atoms with Gasteiger partial charge in [0.05, 0.1) is 16.7 Å². The highest BCUT2D eigenvalue weighted by molar-refractivity contribution is 5.78. The van der Waals surface area contributed by atoms with E-state index in [1.54, 1.807) is 29.6 Å². The fraction of sp³-hybridized carbons (Fsp3) is 0.320. The Morgan fingerprint density at radius 1 is 1.05 bits per heavy atom. The van der Waals surface area contributed by atoms with E-state index in [9.17, 15) is 9.90 Å². The number of nitrogens with zero attached hydrogens (tertiary/aromatic N) is 7. The summed E-state index contributed by atoms with van der Waals surface area (Å²) in [5.74, 6) is 0.940. The van der Waals surface area contributed by atoms with Gasteiger partial charge in [0.25, 0.3) is 5.89 Å². The van der Waals surface area contributed by atoms with Gasteiger partial charge in [0.1, 0.15) is 11.9 Å². The number of nitrogen functional groups attached to an aromatic ring is 1. The van der Waals surface area contributed by atoms with Crippen molar-refractivity contribution in [3.8, 4) is 22.7 Å². The molecule has 6 rings (SSSR count). The third-order valence-corrected chi connectivity index (χ3v) is 7.16. The molecule has 0 aromatic carbocycles. The molecule has 12 nitrogen and oxygen atoms in total. The molecule has 188 valence electrons. The number of aliphatic carboxylic acids is 1. The van der Waals surface area contributed by atoms with Crippen molar-refractivity contribution in [2.24, 2.45) is 0 Å². The summed E-state index contributed by atoms with van der Waals surface area (Å²) in [5.41, 5.74) is 8.48. The summed E-state index contributed by atoms with van der Waals surface area (Å²) in [4.78, 5) is 35.3. The van der Waals surface area contributed by atoms with E-state index in [-0.39, 0.29) is 11.4 Å². The SMILES string of the molecule is Nc1ncc(-c2ccc(C3(c4noc(-c5ccc(N6CCNC[C@H]6C(=O)O)nc5)n4)CCC3)cn2)cn1. The van der Waals surface area contributed by atoms with Crippen molar-refractivity contribution < 1.29 is 14.4 Å². The number of rotatable bonds is 6. The Kier molecular flexibility index (Phi) is 5.72. The average Bonchev–Trinajstić information content (AvgIpc) is 3.39. The van der Waals surface area contributed by atoms with Crippen molar-refractivity contribution in [3.63, 3.8) is 0 Å². The molecule has 37 heavy (non-hydrogen) atoms. The highest BCUT2D eigenvalue weighted by Crippen LogP contribution is 2.48. The van der Waals surface area contributed by atoms with Crippen LogP contribution in [0.3, 0.4) is 0 Å². The summed E-state index contributed by atoms with van der Waals surface area (Å²) in [6.07, 6.45) is 9.65. The van der Waals surface area contributed by atoms with Gasteiger partial charge < -0.3 is 25.6 Å². The lowest BCUT2D eigenvalue weighted by Crippen LogP contribution is -2.55. The zero-order valence-corrected chi connectivity index (χ0v) is 19.9. The van der Waals surface area contributed by atoms with Crippen LogP contribution in [0.25, 0.3) is 22.7 Å². The monoisotopic (exact) mass is 499 g/mol. The molecule has 0 bridgehead atoms. The molecule has 1 saturated heterocycles. The van der Waals surface area contributed by atoms with Gasteiger partial charge in [-0.05, 0) is 36.6 Å². The molecule has 0 spiro atoms. The maximum Gasteiger partial charge on any atom is 0.327 e. The highest BCUT2D eigenvalue weighted by Gasteiger charge is 2.45. The number of piperazine rings is 1. The second-order valence-corrected chi connectivity index (χ2v) is 9.28. The van der Waals surface area contributed by atoms with Gasteiger partial charge in [-0.2, -0.15) is 4.98 Å². The fourth-order valence-corrected chi connectivity index (χ4v) is 4.91. The standard InChI is InChI=1S/C25H25N9O3/c26-24-30-11-16(12-31-24)18-4-3-17(13-28-18)25(6-1-7-25)23-32-21(37-33-23)15-2-5-20(29-10-15)34-9-8-27-14-19(34)22(35)36/h2-5,10-13,19,27H,1,6-9,14H2,(H,35,36)(H2,26,30,31)/t19-/m0/s1. The van der Waals surface area contributed by atoms with Crippen molar-refractivity contribution in [3.05, 3.63) is 60.4 Å². The maximum absolute atomic E-state index is 11.6. The van der Waals surface area contributed by atoms with Crippen molar-refractivity contribution in [1.29, 1.82) is 0 Å². The third-order valence-electron chi connectivity index (χ3n) is 7.16. The van der Waals surface area contributed by atoms with Gasteiger partial charge in [0, 0.05) is 50.0 Å². The molecule has 4 aromatic rings. The first-order valence-electron chi connectivity index (χ1n) is 12.1. The number of carbonyl (C=O) groups is 1. The van der Waals surface area contributed by atoms with Gasteiger partial charge in [-0.15, -0.1) is 0 Å². The minimum Gasteiger partial charge on any atom is -0.480 e. The van der Waals surface area contributed by atoms with E-state index in [2.05, 4.69) is 30.4 Å². The summed E-state index contributed by atoms with van der Waals surface area (Å²) in [6, 6.07) is 6.95. The topological polar surface area (TPSA) is 169 Å². The number of hydrogen-bond acceptors (Lipinski definition) is 11. The summed E-state index contributed by atoms with van der Waals surface area (Å²) >= 11 is 0. The van der Waals surface area contributed by atoms with Gasteiger partial charge in [-0.3, -0.25) is 4.98 Å². The fourth-order valence-electron chi connectivity index (χ4n) is 4.91. The number of nitrogens with two attached hydrogens (primary N) is 1. The van der Waals surface area contributed by atoms with Gasteiger partial charge in [0.2, 0.25) is 5.95 Å². The molecule has 0 amide bonds. The molecule has 2 fully saturated rings. The second-order valence-electron chi connectivity index (χ2n) is 9.28. The number of pyridine rings is 2. The molecule has 2 aliphatic rings. The van der Waals surface area contributed by atoms with E-state index in [1.165, 1.54) is 0 Å². The lowest BCUT2D eigenvalue weighted by Gasteiger charge is -2.39. The first kappa shape index (κ1) is 23.0. The summed E-state index contributed by atoms with van der Waals surface area (Å²) in [5, 5.41) is 17.0. The number of aromatic nitrogens is 6. The Hall–Kier alpha value is -4.45. The van der Waals surface area contributed by atoms with Crippen molar-refractivity contribution >= 4 is 17.7 Å². The van der Waals surface area contributed by atoms with Crippen molar-refractivity contribution in [2.45, 2.75) is 30.7 Å². The highest BCUT2D eigenvalue weighted by atomic mass is 16.5. The molecule has 0 radical (unpaired) electrons. The lowest BCUT2D eigenvalue weighted by atomic mass is 9.64. The van der Waals surface area contributed by atoms with E-state index in [0.717, 1.165) is 36.1 Å². The quantitative estimate of drug-likeness (QED) is 0.353. The number of carboxylic acid groups (broad SMARTS) is 1. The van der Waals surface area contributed by atoms with E-state index in [0.29, 0.717) is 42.7 Å². The molecular formula is C25H25N9O3. The van der Waals surface area contributed by atoms with Gasteiger partial charge in [0.15, 0.2) is 5.82 Å². The minimum atomic E-state index is -0.880. The average molecular weight is 500 g/mol. The Morgan fingerprint density at radius 3 is 2.51 bits per heavy atom. The smallest absolute Gasteiger partial charge is 0.327 e. The van der Waals surface area contributed by atoms with Crippen LogP contribution in [-0.2, 0) is 10.2 Å². The van der Waals surface area contributed by atoms with E-state index >= 15 is 0 Å². The summed E-state index contributed by atoms with van der Waals surface area (Å²) < 4.78 is 5.64. The zero-order chi connectivity index (χ0) is 25.4. The van der Waals surface area contributed by atoms with Crippen LogP contribution in [0.4, 0.5) is 11.8 Å². The number of nitrogens with one attached hydrogen (secondary N) is 1. The van der Waals surface area contributed by atoms with Crippen molar-refractivity contribution in [1.82, 2.24) is 35.4 Å². The van der Waals surface area contributed by atoms with Crippen LogP contribution in [0.1, 0.15) is 30.7 Å². The third kappa shape index (κ3) is 4.14. The van der Waals surface area contributed by atoms with E-state index < -0.39 is 12.0 Å². The summed E-state index contributed by atoms with van der Waals surface area (Å²) in [7, 11) is 0. The normalized spacial score (nSPS) is 18.8. The minimum absolute atomic E-state index is 0.222. The van der Waals surface area contributed by atoms with E-state index in [4.69, 9.17) is 15.2 Å². The summed E-state index contributed by atoms with van der Waals surface area (Å²) in [6.45, 7) is 1.64. The molecule has 5 heterocycles. The van der Waals surface area contributed by atoms with Gasteiger partial charge >= 0.3 is 5.97 Å². The predicted octanol–water partition coefficient (Wildman–Crippen LogP) is 1.90. The molecule has 1 aliphatic carbocycles. The molecule has 1 aliphatic heterocycles.